The molecule has 2 aromatic rings. The zero-order valence-electron chi connectivity index (χ0n) is 11.9. The van der Waals surface area contributed by atoms with Crippen LogP contribution in [-0.4, -0.2) is 19.3 Å². The van der Waals surface area contributed by atoms with E-state index >= 15 is 0 Å². The summed E-state index contributed by atoms with van der Waals surface area (Å²) in [5, 5.41) is 7.07. The minimum atomic E-state index is 0.00144. The Morgan fingerprint density at radius 1 is 1.40 bits per heavy atom. The summed E-state index contributed by atoms with van der Waals surface area (Å²) in [5.74, 6) is 0.639. The molecule has 2 aromatic heterocycles. The first kappa shape index (κ1) is 13.3. The highest BCUT2D eigenvalue weighted by atomic mass is 32.1. The molecule has 3 rings (SSSR count). The summed E-state index contributed by atoms with van der Waals surface area (Å²) in [4.78, 5) is 12.6. The third-order valence-corrected chi connectivity index (χ3v) is 4.24. The summed E-state index contributed by atoms with van der Waals surface area (Å²) in [6, 6.07) is 2.16. The molecule has 0 radical (unpaired) electrons. The number of hydrogen-bond donors (Lipinski definition) is 1. The summed E-state index contributed by atoms with van der Waals surface area (Å²) < 4.78 is 4.21. The van der Waals surface area contributed by atoms with Gasteiger partial charge in [0.1, 0.15) is 0 Å². The number of H-pyrrole nitrogens is 1. The zero-order valence-corrected chi connectivity index (χ0v) is 12.8. The van der Waals surface area contributed by atoms with Gasteiger partial charge in [-0.15, -0.1) is 0 Å². The molecule has 0 bridgehead atoms. The number of fused-ring (bicyclic) bond motifs is 1. The average Bonchev–Trinajstić information content (AvgIpc) is 2.99. The number of hydrogen-bond acceptors (Lipinski definition) is 3. The maximum atomic E-state index is 12.6. The minimum absolute atomic E-state index is 0.00144. The fraction of sp³-hybridized carbons (Fsp3) is 0.500. The molecule has 1 aliphatic carbocycles. The van der Waals surface area contributed by atoms with E-state index in [0.29, 0.717) is 16.2 Å². The Balaban J connectivity index is 2.29. The van der Waals surface area contributed by atoms with Gasteiger partial charge in [-0.1, -0.05) is 0 Å². The van der Waals surface area contributed by atoms with Crippen LogP contribution >= 0.6 is 12.2 Å². The SMILES string of the molecule is CC(C)n1c(-c2cc3c(n(C)c2=O)CCC3)n[nH]c1=S. The predicted octanol–water partition coefficient (Wildman–Crippen LogP) is 2.38. The van der Waals surface area contributed by atoms with Crippen molar-refractivity contribution in [1.82, 2.24) is 19.3 Å². The van der Waals surface area contributed by atoms with E-state index in [0.717, 1.165) is 25.0 Å². The molecular formula is C14H18N4OS. The highest BCUT2D eigenvalue weighted by molar-refractivity contribution is 7.71. The van der Waals surface area contributed by atoms with Gasteiger partial charge in [0.25, 0.3) is 5.56 Å². The molecule has 0 spiro atoms. The lowest BCUT2D eigenvalue weighted by Crippen LogP contribution is -2.23. The predicted molar refractivity (Wildman–Crippen MR) is 80.5 cm³/mol. The van der Waals surface area contributed by atoms with Gasteiger partial charge in [-0.05, 0) is 57.0 Å². The van der Waals surface area contributed by atoms with Gasteiger partial charge in [-0.25, -0.2) is 0 Å². The third-order valence-electron chi connectivity index (χ3n) is 3.95. The molecule has 106 valence electrons. The van der Waals surface area contributed by atoms with Crippen molar-refractivity contribution in [3.05, 3.63) is 32.4 Å². The second kappa shape index (κ2) is 4.70. The van der Waals surface area contributed by atoms with Gasteiger partial charge >= 0.3 is 0 Å². The average molecular weight is 290 g/mol. The first-order chi connectivity index (χ1) is 9.50. The Labute approximate surface area is 122 Å². The lowest BCUT2D eigenvalue weighted by atomic mass is 10.1. The van der Waals surface area contributed by atoms with Crippen molar-refractivity contribution >= 4 is 12.2 Å². The van der Waals surface area contributed by atoms with Gasteiger partial charge in [0.2, 0.25) is 0 Å². The van der Waals surface area contributed by atoms with Crippen molar-refractivity contribution in [2.24, 2.45) is 7.05 Å². The van der Waals surface area contributed by atoms with Crippen LogP contribution in [0.1, 0.15) is 37.6 Å². The molecule has 0 amide bonds. The quantitative estimate of drug-likeness (QED) is 0.864. The van der Waals surface area contributed by atoms with Crippen LogP contribution < -0.4 is 5.56 Å². The third kappa shape index (κ3) is 1.86. The smallest absolute Gasteiger partial charge is 0.261 e. The monoisotopic (exact) mass is 290 g/mol. The van der Waals surface area contributed by atoms with Gasteiger partial charge < -0.3 is 4.57 Å². The highest BCUT2D eigenvalue weighted by Crippen LogP contribution is 2.25. The molecule has 1 aliphatic rings. The Morgan fingerprint density at radius 3 is 2.85 bits per heavy atom. The summed E-state index contributed by atoms with van der Waals surface area (Å²) in [7, 11) is 1.84. The van der Waals surface area contributed by atoms with E-state index in [2.05, 4.69) is 10.2 Å². The molecule has 0 unspecified atom stereocenters. The lowest BCUT2D eigenvalue weighted by Gasteiger charge is -2.13. The van der Waals surface area contributed by atoms with Gasteiger partial charge in [0.15, 0.2) is 10.6 Å². The van der Waals surface area contributed by atoms with Gasteiger partial charge in [-0.3, -0.25) is 14.5 Å². The van der Waals surface area contributed by atoms with E-state index in [1.54, 1.807) is 4.57 Å². The van der Waals surface area contributed by atoms with Gasteiger partial charge in [0, 0.05) is 18.8 Å². The summed E-state index contributed by atoms with van der Waals surface area (Å²) in [6.07, 6.45) is 3.13. The van der Waals surface area contributed by atoms with Gasteiger partial charge in [-0.2, -0.15) is 5.10 Å². The largest absolute Gasteiger partial charge is 0.315 e. The molecule has 0 fully saturated rings. The van der Waals surface area contributed by atoms with E-state index in [-0.39, 0.29) is 11.6 Å². The standard InChI is InChI=1S/C14H18N4OS/c1-8(2)18-12(15-16-14(18)20)10-7-9-5-4-6-11(9)17(3)13(10)19/h7-8H,4-6H2,1-3H3,(H,16,20). The Kier molecular flexibility index (Phi) is 3.12. The van der Waals surface area contributed by atoms with E-state index in [1.165, 1.54) is 5.56 Å². The molecule has 20 heavy (non-hydrogen) atoms. The van der Waals surface area contributed by atoms with E-state index in [9.17, 15) is 4.79 Å². The number of aryl methyl sites for hydroxylation is 1. The molecule has 5 nitrogen and oxygen atoms in total. The molecule has 0 saturated carbocycles. The lowest BCUT2D eigenvalue weighted by molar-refractivity contribution is 0.596. The van der Waals surface area contributed by atoms with Crippen molar-refractivity contribution in [3.63, 3.8) is 0 Å². The van der Waals surface area contributed by atoms with E-state index in [1.807, 2.05) is 31.5 Å². The highest BCUT2D eigenvalue weighted by Gasteiger charge is 2.21. The molecule has 0 aliphatic heterocycles. The number of nitrogens with zero attached hydrogens (tertiary/aromatic N) is 3. The van der Waals surface area contributed by atoms with Crippen LogP contribution in [0, 0.1) is 4.77 Å². The number of pyridine rings is 1. The summed E-state index contributed by atoms with van der Waals surface area (Å²) in [5.41, 5.74) is 3.05. The number of aromatic nitrogens is 4. The van der Waals surface area contributed by atoms with Crippen LogP contribution in [0.2, 0.25) is 0 Å². The maximum absolute atomic E-state index is 12.6. The zero-order chi connectivity index (χ0) is 14.4. The number of aromatic amines is 1. The van der Waals surface area contributed by atoms with Crippen molar-refractivity contribution in [1.29, 1.82) is 0 Å². The number of nitrogens with one attached hydrogen (secondary N) is 1. The molecule has 0 saturated heterocycles. The normalized spacial score (nSPS) is 14.0. The van der Waals surface area contributed by atoms with Crippen LogP contribution in [0.15, 0.2) is 10.9 Å². The van der Waals surface area contributed by atoms with Gasteiger partial charge in [0.05, 0.1) is 5.56 Å². The van der Waals surface area contributed by atoms with E-state index < -0.39 is 0 Å². The second-order valence-corrected chi connectivity index (χ2v) is 5.95. The van der Waals surface area contributed by atoms with Crippen LogP contribution in [-0.2, 0) is 19.9 Å². The topological polar surface area (TPSA) is 55.6 Å². The fourth-order valence-electron chi connectivity index (χ4n) is 2.96. The maximum Gasteiger partial charge on any atom is 0.261 e. The van der Waals surface area contributed by atoms with Crippen molar-refractivity contribution < 1.29 is 0 Å². The molecule has 1 N–H and O–H groups in total. The van der Waals surface area contributed by atoms with E-state index in [4.69, 9.17) is 12.2 Å². The van der Waals surface area contributed by atoms with Crippen molar-refractivity contribution in [3.8, 4) is 11.4 Å². The molecular weight excluding hydrogens is 272 g/mol. The van der Waals surface area contributed by atoms with Crippen LogP contribution in [0.5, 0.6) is 0 Å². The van der Waals surface area contributed by atoms with Crippen molar-refractivity contribution in [2.45, 2.75) is 39.2 Å². The fourth-order valence-corrected chi connectivity index (χ4v) is 3.31. The first-order valence-electron chi connectivity index (χ1n) is 6.89. The van der Waals surface area contributed by atoms with Crippen molar-refractivity contribution in [2.75, 3.05) is 0 Å². The van der Waals surface area contributed by atoms with Crippen LogP contribution in [0.3, 0.4) is 0 Å². The molecule has 2 heterocycles. The Hall–Kier alpha value is -1.69. The minimum Gasteiger partial charge on any atom is -0.315 e. The summed E-state index contributed by atoms with van der Waals surface area (Å²) >= 11 is 5.26. The Bertz CT molecular complexity index is 781. The molecule has 0 atom stereocenters. The Morgan fingerprint density at radius 2 is 2.15 bits per heavy atom. The molecule has 6 heteroatoms. The molecule has 0 aromatic carbocycles. The summed E-state index contributed by atoms with van der Waals surface area (Å²) in [6.45, 7) is 4.07. The van der Waals surface area contributed by atoms with Crippen LogP contribution in [0.25, 0.3) is 11.4 Å². The van der Waals surface area contributed by atoms with Crippen LogP contribution in [0.4, 0.5) is 0 Å². The second-order valence-electron chi connectivity index (χ2n) is 5.56. The first-order valence-corrected chi connectivity index (χ1v) is 7.30. The number of rotatable bonds is 2.